The molecule has 0 bridgehead atoms. The number of hydrogen-bond acceptors (Lipinski definition) is 4. The highest BCUT2D eigenvalue weighted by Crippen LogP contribution is 2.43. The van der Waals surface area contributed by atoms with Crippen molar-refractivity contribution in [2.75, 3.05) is 53.0 Å². The molecule has 3 saturated heterocycles. The lowest BCUT2D eigenvalue weighted by atomic mass is 9.76. The highest BCUT2D eigenvalue weighted by Gasteiger charge is 2.48. The molecule has 7 nitrogen and oxygen atoms in total. The van der Waals surface area contributed by atoms with E-state index in [1.54, 1.807) is 0 Å². The molecule has 0 aromatic rings. The third kappa shape index (κ3) is 4.30. The molecular formula is C21H36N4O3. The van der Waals surface area contributed by atoms with Crippen molar-refractivity contribution in [1.82, 2.24) is 20.0 Å². The maximum absolute atomic E-state index is 13.0. The molecular weight excluding hydrogens is 356 g/mol. The standard InChI is InChI=1S/C21H36N4O3/c1-23-16-21(15-18(23)19(26)24-11-13-28-14-12-24)7-9-25(10-8-21)20(27)22-17-5-3-2-4-6-17/h17-18H,2-16H2,1H3,(H,22,27). The summed E-state index contributed by atoms with van der Waals surface area (Å²) in [5.41, 5.74) is 0.184. The molecule has 0 radical (unpaired) electrons. The van der Waals surface area contributed by atoms with Crippen LogP contribution in [0, 0.1) is 5.41 Å². The van der Waals surface area contributed by atoms with E-state index < -0.39 is 0 Å². The van der Waals surface area contributed by atoms with Crippen molar-refractivity contribution in [3.63, 3.8) is 0 Å². The number of ether oxygens (including phenoxy) is 1. The zero-order valence-electron chi connectivity index (χ0n) is 17.3. The molecule has 0 aromatic carbocycles. The first-order valence-corrected chi connectivity index (χ1v) is 11.2. The van der Waals surface area contributed by atoms with Crippen LogP contribution < -0.4 is 5.32 Å². The van der Waals surface area contributed by atoms with E-state index in [9.17, 15) is 9.59 Å². The zero-order valence-corrected chi connectivity index (χ0v) is 17.3. The lowest BCUT2D eigenvalue weighted by molar-refractivity contribution is -0.139. The van der Waals surface area contributed by atoms with Crippen molar-refractivity contribution in [3.05, 3.63) is 0 Å². The fourth-order valence-electron chi connectivity index (χ4n) is 5.60. The second-order valence-corrected chi connectivity index (χ2v) is 9.34. The Labute approximate surface area is 168 Å². The Balaban J connectivity index is 1.28. The molecule has 3 aliphatic heterocycles. The normalized spacial score (nSPS) is 29.2. The molecule has 1 spiro atoms. The molecule has 0 aromatic heterocycles. The van der Waals surface area contributed by atoms with E-state index in [0.29, 0.717) is 32.3 Å². The van der Waals surface area contributed by atoms with Crippen LogP contribution in [0.25, 0.3) is 0 Å². The van der Waals surface area contributed by atoms with Gasteiger partial charge in [-0.15, -0.1) is 0 Å². The number of carbonyl (C=O) groups is 2. The average molecular weight is 393 g/mol. The number of likely N-dealkylation sites (tertiary alicyclic amines) is 2. The molecule has 1 saturated carbocycles. The predicted octanol–water partition coefficient (Wildman–Crippen LogP) is 1.67. The number of carbonyl (C=O) groups excluding carboxylic acids is 2. The minimum Gasteiger partial charge on any atom is -0.378 e. The molecule has 28 heavy (non-hydrogen) atoms. The third-order valence-electron chi connectivity index (χ3n) is 7.40. The van der Waals surface area contributed by atoms with Gasteiger partial charge in [-0.1, -0.05) is 19.3 Å². The second-order valence-electron chi connectivity index (χ2n) is 9.34. The van der Waals surface area contributed by atoms with Gasteiger partial charge in [-0.25, -0.2) is 4.79 Å². The summed E-state index contributed by atoms with van der Waals surface area (Å²) in [7, 11) is 2.08. The molecule has 7 heteroatoms. The van der Waals surface area contributed by atoms with Crippen LogP contribution in [-0.4, -0.2) is 91.7 Å². The molecule has 1 unspecified atom stereocenters. The lowest BCUT2D eigenvalue weighted by Gasteiger charge is -2.40. The number of likely N-dealkylation sites (N-methyl/N-ethyl adjacent to an activating group) is 1. The van der Waals surface area contributed by atoms with E-state index in [0.717, 1.165) is 51.7 Å². The number of hydrogen-bond donors (Lipinski definition) is 1. The van der Waals surface area contributed by atoms with Crippen molar-refractivity contribution >= 4 is 11.9 Å². The fourth-order valence-corrected chi connectivity index (χ4v) is 5.60. The van der Waals surface area contributed by atoms with Crippen LogP contribution in [0.1, 0.15) is 51.4 Å². The topological polar surface area (TPSA) is 65.1 Å². The van der Waals surface area contributed by atoms with Crippen LogP contribution >= 0.6 is 0 Å². The summed E-state index contributed by atoms with van der Waals surface area (Å²) in [6.07, 6.45) is 8.95. The first-order chi connectivity index (χ1) is 13.6. The Morgan fingerprint density at radius 1 is 0.964 bits per heavy atom. The van der Waals surface area contributed by atoms with Gasteiger partial charge in [0.15, 0.2) is 0 Å². The van der Waals surface area contributed by atoms with Gasteiger partial charge in [0, 0.05) is 38.8 Å². The quantitative estimate of drug-likeness (QED) is 0.777. The van der Waals surface area contributed by atoms with Gasteiger partial charge in [-0.3, -0.25) is 9.69 Å². The third-order valence-corrected chi connectivity index (χ3v) is 7.40. The number of rotatable bonds is 2. The molecule has 3 heterocycles. The van der Waals surface area contributed by atoms with Crippen LogP contribution in [0.5, 0.6) is 0 Å². The van der Waals surface area contributed by atoms with E-state index >= 15 is 0 Å². The highest BCUT2D eigenvalue weighted by atomic mass is 16.5. The van der Waals surface area contributed by atoms with E-state index in [1.807, 2.05) is 9.80 Å². The molecule has 1 N–H and O–H groups in total. The minimum absolute atomic E-state index is 0.0132. The first-order valence-electron chi connectivity index (χ1n) is 11.2. The van der Waals surface area contributed by atoms with Gasteiger partial charge in [0.1, 0.15) is 0 Å². The Morgan fingerprint density at radius 2 is 1.64 bits per heavy atom. The molecule has 158 valence electrons. The largest absolute Gasteiger partial charge is 0.378 e. The summed E-state index contributed by atoms with van der Waals surface area (Å²) in [5, 5.41) is 3.25. The summed E-state index contributed by atoms with van der Waals surface area (Å²) in [5.74, 6) is 0.264. The number of piperidine rings is 1. The Hall–Kier alpha value is -1.34. The Morgan fingerprint density at radius 3 is 2.32 bits per heavy atom. The van der Waals surface area contributed by atoms with Gasteiger partial charge in [-0.2, -0.15) is 0 Å². The fraction of sp³-hybridized carbons (Fsp3) is 0.905. The van der Waals surface area contributed by atoms with E-state index in [1.165, 1.54) is 19.3 Å². The van der Waals surface area contributed by atoms with Crippen molar-refractivity contribution in [2.24, 2.45) is 5.41 Å². The van der Waals surface area contributed by atoms with Gasteiger partial charge in [0.2, 0.25) is 5.91 Å². The van der Waals surface area contributed by atoms with E-state index in [2.05, 4.69) is 17.3 Å². The summed E-state index contributed by atoms with van der Waals surface area (Å²) in [4.78, 5) is 31.8. The summed E-state index contributed by atoms with van der Waals surface area (Å²) < 4.78 is 5.39. The number of amides is 3. The van der Waals surface area contributed by atoms with E-state index in [4.69, 9.17) is 4.74 Å². The molecule has 1 aliphatic carbocycles. The minimum atomic E-state index is -0.0132. The van der Waals surface area contributed by atoms with Crippen molar-refractivity contribution < 1.29 is 14.3 Å². The Kier molecular flexibility index (Phi) is 6.11. The van der Waals surface area contributed by atoms with Gasteiger partial charge < -0.3 is 19.9 Å². The molecule has 1 atom stereocenters. The molecule has 4 rings (SSSR count). The summed E-state index contributed by atoms with van der Waals surface area (Å²) >= 11 is 0. The lowest BCUT2D eigenvalue weighted by Crippen LogP contribution is -2.50. The van der Waals surface area contributed by atoms with Gasteiger partial charge in [0.05, 0.1) is 19.3 Å². The van der Waals surface area contributed by atoms with Crippen LogP contribution in [-0.2, 0) is 9.53 Å². The smallest absolute Gasteiger partial charge is 0.317 e. The number of nitrogens with one attached hydrogen (secondary N) is 1. The number of morpholine rings is 1. The number of urea groups is 1. The van der Waals surface area contributed by atoms with Gasteiger partial charge >= 0.3 is 6.03 Å². The molecule has 4 aliphatic rings. The maximum atomic E-state index is 13.0. The zero-order chi connectivity index (χ0) is 19.6. The SMILES string of the molecule is CN1CC2(CCN(C(=O)NC3CCCCC3)CC2)CC1C(=O)N1CCOCC1. The predicted molar refractivity (Wildman–Crippen MR) is 107 cm³/mol. The van der Waals surface area contributed by atoms with Crippen molar-refractivity contribution in [2.45, 2.75) is 63.5 Å². The first kappa shape index (κ1) is 20.0. The Bertz CT molecular complexity index is 564. The summed E-state index contributed by atoms with van der Waals surface area (Å²) in [6.45, 7) is 5.31. The van der Waals surface area contributed by atoms with Crippen LogP contribution in [0.4, 0.5) is 4.79 Å². The van der Waals surface area contributed by atoms with Gasteiger partial charge in [0.25, 0.3) is 0 Å². The van der Waals surface area contributed by atoms with E-state index in [-0.39, 0.29) is 23.4 Å². The second kappa shape index (κ2) is 8.57. The molecule has 3 amide bonds. The summed E-state index contributed by atoms with van der Waals surface area (Å²) in [6, 6.07) is 0.472. The maximum Gasteiger partial charge on any atom is 0.317 e. The average Bonchev–Trinajstić information content (AvgIpc) is 3.05. The highest BCUT2D eigenvalue weighted by molar-refractivity contribution is 5.82. The van der Waals surface area contributed by atoms with Crippen molar-refractivity contribution in [3.8, 4) is 0 Å². The van der Waals surface area contributed by atoms with Gasteiger partial charge in [-0.05, 0) is 44.6 Å². The van der Waals surface area contributed by atoms with Crippen molar-refractivity contribution in [1.29, 1.82) is 0 Å². The molecule has 4 fully saturated rings. The van der Waals surface area contributed by atoms with Crippen LogP contribution in [0.15, 0.2) is 0 Å². The van der Waals surface area contributed by atoms with Crippen LogP contribution in [0.2, 0.25) is 0 Å². The monoisotopic (exact) mass is 392 g/mol. The van der Waals surface area contributed by atoms with Crippen LogP contribution in [0.3, 0.4) is 0 Å². The number of nitrogens with zero attached hydrogens (tertiary/aromatic N) is 3.